The van der Waals surface area contributed by atoms with Gasteiger partial charge in [-0.2, -0.15) is 0 Å². The van der Waals surface area contributed by atoms with E-state index in [-0.39, 0.29) is 0 Å². The topological polar surface area (TPSA) is 38.7 Å². The van der Waals surface area contributed by atoms with E-state index in [9.17, 15) is 5.11 Å². The molecule has 1 rings (SSSR count). The lowest BCUT2D eigenvalue weighted by Gasteiger charge is -2.14. The predicted molar refractivity (Wildman–Crippen MR) is 68.6 cm³/mol. The summed E-state index contributed by atoms with van der Waals surface area (Å²) in [6, 6.07) is 5.41. The zero-order chi connectivity index (χ0) is 12.8. The van der Waals surface area contributed by atoms with Gasteiger partial charge in [0, 0.05) is 6.07 Å². The van der Waals surface area contributed by atoms with Crippen LogP contribution in [0.2, 0.25) is 0 Å². The molecule has 0 heterocycles. The first-order valence-corrected chi connectivity index (χ1v) is 5.68. The van der Waals surface area contributed by atoms with E-state index in [1.807, 2.05) is 19.1 Å². The molecule has 0 spiro atoms. The molecule has 0 aromatic heterocycles. The predicted octanol–water partition coefficient (Wildman–Crippen LogP) is 3.09. The van der Waals surface area contributed by atoms with Gasteiger partial charge in [0.15, 0.2) is 0 Å². The first kappa shape index (κ1) is 13.6. The van der Waals surface area contributed by atoms with Crippen LogP contribution < -0.4 is 9.47 Å². The summed E-state index contributed by atoms with van der Waals surface area (Å²) < 4.78 is 10.3. The summed E-state index contributed by atoms with van der Waals surface area (Å²) in [7, 11) is 3.19. The van der Waals surface area contributed by atoms with Crippen LogP contribution in [0.15, 0.2) is 30.4 Å². The molecule has 0 saturated carbocycles. The molecule has 1 unspecified atom stereocenters. The van der Waals surface area contributed by atoms with Gasteiger partial charge in [-0.3, -0.25) is 0 Å². The number of hydrogen-bond acceptors (Lipinski definition) is 3. The van der Waals surface area contributed by atoms with Gasteiger partial charge >= 0.3 is 0 Å². The molecule has 0 aliphatic rings. The molecule has 17 heavy (non-hydrogen) atoms. The summed E-state index contributed by atoms with van der Waals surface area (Å²) in [4.78, 5) is 0. The molecule has 3 heteroatoms. The van der Waals surface area contributed by atoms with Crippen molar-refractivity contribution in [2.75, 3.05) is 14.2 Å². The number of rotatable bonds is 6. The van der Waals surface area contributed by atoms with Crippen LogP contribution in [0.4, 0.5) is 0 Å². The molecule has 1 atom stereocenters. The number of benzene rings is 1. The van der Waals surface area contributed by atoms with Crippen molar-refractivity contribution in [1.29, 1.82) is 0 Å². The highest BCUT2D eigenvalue weighted by Gasteiger charge is 2.11. The second-order valence-electron chi connectivity index (χ2n) is 3.97. The number of methoxy groups -OCH3 is 2. The Hall–Kier alpha value is -1.48. The summed E-state index contributed by atoms with van der Waals surface area (Å²) in [6.07, 6.45) is 0.872. The van der Waals surface area contributed by atoms with E-state index in [1.165, 1.54) is 0 Å². The summed E-state index contributed by atoms with van der Waals surface area (Å²) >= 11 is 0. The van der Waals surface area contributed by atoms with Gasteiger partial charge in [0.25, 0.3) is 0 Å². The number of ether oxygens (including phenoxy) is 2. The van der Waals surface area contributed by atoms with Crippen molar-refractivity contribution < 1.29 is 14.6 Å². The minimum Gasteiger partial charge on any atom is -0.497 e. The minimum absolute atomic E-state index is 0.562. The Morgan fingerprint density at radius 1 is 1.24 bits per heavy atom. The van der Waals surface area contributed by atoms with E-state index in [4.69, 9.17) is 9.47 Å². The van der Waals surface area contributed by atoms with Crippen LogP contribution in [0.5, 0.6) is 11.5 Å². The van der Waals surface area contributed by atoms with Gasteiger partial charge in [0.05, 0.1) is 20.3 Å². The monoisotopic (exact) mass is 236 g/mol. The fraction of sp³-hybridized carbons (Fsp3) is 0.429. The maximum absolute atomic E-state index is 10.1. The Labute approximate surface area is 103 Å². The average molecular weight is 236 g/mol. The Balaban J connectivity index is 2.91. The molecule has 0 bridgehead atoms. The highest BCUT2D eigenvalue weighted by molar-refractivity contribution is 5.39. The number of aliphatic hydroxyl groups excluding tert-OH is 1. The second kappa shape index (κ2) is 6.30. The van der Waals surface area contributed by atoms with Crippen molar-refractivity contribution in [3.8, 4) is 11.5 Å². The van der Waals surface area contributed by atoms with E-state index in [0.29, 0.717) is 17.9 Å². The van der Waals surface area contributed by atoms with Crippen molar-refractivity contribution >= 4 is 0 Å². The SMILES string of the molecule is C=C(CC)CC(O)c1cc(OC)cc(OC)c1. The van der Waals surface area contributed by atoms with Gasteiger partial charge in [0.1, 0.15) is 11.5 Å². The molecule has 0 saturated heterocycles. The Morgan fingerprint density at radius 2 is 1.76 bits per heavy atom. The number of aliphatic hydroxyl groups is 1. The lowest BCUT2D eigenvalue weighted by atomic mass is 10.0. The van der Waals surface area contributed by atoms with Crippen molar-refractivity contribution in [3.05, 3.63) is 35.9 Å². The molecule has 1 aromatic carbocycles. The molecule has 94 valence electrons. The van der Waals surface area contributed by atoms with Crippen LogP contribution in [0, 0.1) is 0 Å². The second-order valence-corrected chi connectivity index (χ2v) is 3.97. The molecule has 0 fully saturated rings. The molecule has 3 nitrogen and oxygen atoms in total. The fourth-order valence-corrected chi connectivity index (χ4v) is 1.56. The number of hydrogen-bond donors (Lipinski definition) is 1. The smallest absolute Gasteiger partial charge is 0.122 e. The van der Waals surface area contributed by atoms with E-state index in [0.717, 1.165) is 17.6 Å². The maximum atomic E-state index is 10.1. The van der Waals surface area contributed by atoms with E-state index in [2.05, 4.69) is 6.58 Å². The summed E-state index contributed by atoms with van der Waals surface area (Å²) in [5, 5.41) is 10.1. The summed E-state index contributed by atoms with van der Waals surface area (Å²) in [5.41, 5.74) is 1.81. The van der Waals surface area contributed by atoms with Crippen LogP contribution in [-0.2, 0) is 0 Å². The van der Waals surface area contributed by atoms with Crippen molar-refractivity contribution in [2.24, 2.45) is 0 Å². The van der Waals surface area contributed by atoms with Crippen LogP contribution in [0.3, 0.4) is 0 Å². The van der Waals surface area contributed by atoms with Gasteiger partial charge < -0.3 is 14.6 Å². The third kappa shape index (κ3) is 3.79. The quantitative estimate of drug-likeness (QED) is 0.771. The first-order valence-electron chi connectivity index (χ1n) is 5.68. The molecule has 1 N–H and O–H groups in total. The summed E-state index contributed by atoms with van der Waals surface area (Å²) in [6.45, 7) is 5.93. The first-order chi connectivity index (χ1) is 8.10. The molecule has 0 aliphatic carbocycles. The van der Waals surface area contributed by atoms with Crippen molar-refractivity contribution in [3.63, 3.8) is 0 Å². The molecule has 1 aromatic rings. The van der Waals surface area contributed by atoms with Crippen LogP contribution in [0.25, 0.3) is 0 Å². The molecule has 0 radical (unpaired) electrons. The van der Waals surface area contributed by atoms with Crippen molar-refractivity contribution in [1.82, 2.24) is 0 Å². The van der Waals surface area contributed by atoms with E-state index in [1.54, 1.807) is 20.3 Å². The molecule has 0 aliphatic heterocycles. The molecule has 0 amide bonds. The van der Waals surface area contributed by atoms with Gasteiger partial charge in [0.2, 0.25) is 0 Å². The lowest BCUT2D eigenvalue weighted by molar-refractivity contribution is 0.176. The van der Waals surface area contributed by atoms with Crippen molar-refractivity contribution in [2.45, 2.75) is 25.9 Å². The third-order valence-corrected chi connectivity index (χ3v) is 2.74. The average Bonchev–Trinajstić information content (AvgIpc) is 2.37. The van der Waals surface area contributed by atoms with Crippen LogP contribution in [-0.4, -0.2) is 19.3 Å². The Morgan fingerprint density at radius 3 is 2.18 bits per heavy atom. The Bertz CT molecular complexity index is 363. The zero-order valence-corrected chi connectivity index (χ0v) is 10.7. The van der Waals surface area contributed by atoms with E-state index >= 15 is 0 Å². The normalized spacial score (nSPS) is 12.0. The summed E-state index contributed by atoms with van der Waals surface area (Å²) in [5.74, 6) is 1.36. The maximum Gasteiger partial charge on any atom is 0.122 e. The van der Waals surface area contributed by atoms with Crippen LogP contribution in [0.1, 0.15) is 31.4 Å². The van der Waals surface area contributed by atoms with Gasteiger partial charge in [-0.15, -0.1) is 0 Å². The van der Waals surface area contributed by atoms with Crippen LogP contribution >= 0.6 is 0 Å². The van der Waals surface area contributed by atoms with Gasteiger partial charge in [-0.05, 0) is 30.5 Å². The zero-order valence-electron chi connectivity index (χ0n) is 10.7. The lowest BCUT2D eigenvalue weighted by Crippen LogP contribution is -2.00. The molecular formula is C14H20O3. The highest BCUT2D eigenvalue weighted by Crippen LogP contribution is 2.29. The van der Waals surface area contributed by atoms with Gasteiger partial charge in [-0.1, -0.05) is 19.1 Å². The van der Waals surface area contributed by atoms with Gasteiger partial charge in [-0.25, -0.2) is 0 Å². The third-order valence-electron chi connectivity index (χ3n) is 2.74. The largest absolute Gasteiger partial charge is 0.497 e. The highest BCUT2D eigenvalue weighted by atomic mass is 16.5. The molecular weight excluding hydrogens is 216 g/mol. The van der Waals surface area contributed by atoms with E-state index < -0.39 is 6.10 Å². The Kier molecular flexibility index (Phi) is 5.04. The fourth-order valence-electron chi connectivity index (χ4n) is 1.56. The minimum atomic E-state index is -0.563. The standard InChI is InChI=1S/C14H20O3/c1-5-10(2)6-14(15)11-7-12(16-3)9-13(8-11)17-4/h7-9,14-15H,2,5-6H2,1,3-4H3.